The van der Waals surface area contributed by atoms with Crippen LogP contribution in [0.4, 0.5) is 13.6 Å². The van der Waals surface area contributed by atoms with Gasteiger partial charge < -0.3 is 20.5 Å². The molecule has 7 nitrogen and oxygen atoms in total. The number of hydrogen-bond acceptors (Lipinski definition) is 6. The number of allylic oxidation sites excluding steroid dienone is 1. The number of aliphatic imine (C=N–C) groups is 1. The summed E-state index contributed by atoms with van der Waals surface area (Å²) >= 11 is 0. The molecule has 0 unspecified atom stereocenters. The van der Waals surface area contributed by atoms with Crippen molar-refractivity contribution >= 4 is 17.8 Å². The summed E-state index contributed by atoms with van der Waals surface area (Å²) in [7, 11) is 0. The van der Waals surface area contributed by atoms with Crippen LogP contribution >= 0.6 is 0 Å². The molecular formula is C14H23F2N3O4. The van der Waals surface area contributed by atoms with E-state index in [1.807, 2.05) is 0 Å². The molecule has 0 atom stereocenters. The van der Waals surface area contributed by atoms with Gasteiger partial charge in [0.25, 0.3) is 6.43 Å². The zero-order valence-electron chi connectivity index (χ0n) is 13.7. The monoisotopic (exact) mass is 335 g/mol. The number of hydrogen-bond donors (Lipinski definition) is 2. The predicted molar refractivity (Wildman–Crippen MR) is 81.4 cm³/mol. The summed E-state index contributed by atoms with van der Waals surface area (Å²) in [5.41, 5.74) is 3.33. The number of alkyl carbamates (subject to hydrolysis) is 1. The first kappa shape index (κ1) is 20.8. The molecule has 0 aliphatic carbocycles. The van der Waals surface area contributed by atoms with Gasteiger partial charge in [0.15, 0.2) is 0 Å². The summed E-state index contributed by atoms with van der Waals surface area (Å²) < 4.78 is 34.5. The number of carbonyl (C=O) groups excluding carboxylic acids is 2. The van der Waals surface area contributed by atoms with Crippen molar-refractivity contribution < 1.29 is 27.8 Å². The lowest BCUT2D eigenvalue weighted by atomic mass is 10.2. The first-order valence-corrected chi connectivity index (χ1v) is 7.00. The van der Waals surface area contributed by atoms with E-state index in [1.54, 1.807) is 27.7 Å². The number of ether oxygens (including phenoxy) is 2. The average Bonchev–Trinajstić information content (AvgIpc) is 2.39. The third-order valence-electron chi connectivity index (χ3n) is 2.10. The Morgan fingerprint density at radius 1 is 1.35 bits per heavy atom. The lowest BCUT2D eigenvalue weighted by molar-refractivity contribution is -0.134. The van der Waals surface area contributed by atoms with Gasteiger partial charge in [0.1, 0.15) is 11.3 Å². The second kappa shape index (κ2) is 9.75. The maximum Gasteiger partial charge on any atom is 0.407 e. The molecule has 9 heteroatoms. The summed E-state index contributed by atoms with van der Waals surface area (Å²) in [4.78, 5) is 26.8. The number of nitrogens with two attached hydrogens (primary N) is 1. The minimum atomic E-state index is -2.91. The van der Waals surface area contributed by atoms with Gasteiger partial charge in [-0.25, -0.2) is 18.4 Å². The molecule has 0 aliphatic heterocycles. The molecule has 0 saturated heterocycles. The zero-order valence-corrected chi connectivity index (χ0v) is 13.7. The average molecular weight is 335 g/mol. The van der Waals surface area contributed by atoms with Gasteiger partial charge in [0, 0.05) is 6.54 Å². The Hall–Kier alpha value is -2.19. The van der Waals surface area contributed by atoms with Crippen LogP contribution < -0.4 is 11.1 Å². The normalized spacial score (nSPS) is 13.0. The van der Waals surface area contributed by atoms with E-state index in [2.05, 4.69) is 10.3 Å². The number of halogens is 2. The zero-order chi connectivity index (χ0) is 18.0. The highest BCUT2D eigenvalue weighted by molar-refractivity contribution is 6.41. The molecule has 0 aromatic rings. The fourth-order valence-electron chi connectivity index (χ4n) is 1.24. The number of amides is 1. The number of alkyl halides is 2. The summed E-state index contributed by atoms with van der Waals surface area (Å²) in [6.45, 7) is 6.79. The molecular weight excluding hydrogens is 312 g/mol. The fourth-order valence-corrected chi connectivity index (χ4v) is 1.24. The van der Waals surface area contributed by atoms with Gasteiger partial charge >= 0.3 is 12.1 Å². The molecule has 0 aromatic carbocycles. The summed E-state index contributed by atoms with van der Waals surface area (Å²) in [6.07, 6.45) is -2.79. The van der Waals surface area contributed by atoms with Crippen LogP contribution in [0.2, 0.25) is 0 Å². The molecule has 1 amide bonds. The van der Waals surface area contributed by atoms with Crippen LogP contribution in [0.5, 0.6) is 0 Å². The molecule has 0 heterocycles. The van der Waals surface area contributed by atoms with Crippen molar-refractivity contribution in [3.63, 3.8) is 0 Å². The molecule has 0 radical (unpaired) electrons. The van der Waals surface area contributed by atoms with Crippen molar-refractivity contribution in [2.24, 2.45) is 10.7 Å². The topological polar surface area (TPSA) is 103 Å². The Balaban J connectivity index is 4.69. The van der Waals surface area contributed by atoms with E-state index < -0.39 is 29.8 Å². The van der Waals surface area contributed by atoms with E-state index in [9.17, 15) is 18.4 Å². The minimum Gasteiger partial charge on any atom is -0.461 e. The van der Waals surface area contributed by atoms with Gasteiger partial charge in [0.05, 0.1) is 18.8 Å². The molecule has 0 spiro atoms. The lowest BCUT2D eigenvalue weighted by Gasteiger charge is -2.19. The number of carbonyl (C=O) groups is 2. The van der Waals surface area contributed by atoms with E-state index in [0.717, 1.165) is 6.08 Å². The lowest BCUT2D eigenvalue weighted by Crippen LogP contribution is -2.34. The van der Waals surface area contributed by atoms with Crippen LogP contribution in [0, 0.1) is 0 Å². The van der Waals surface area contributed by atoms with Crippen LogP contribution in [-0.2, 0) is 14.3 Å². The number of nitrogens with zero attached hydrogens (tertiary/aromatic N) is 1. The van der Waals surface area contributed by atoms with Crippen molar-refractivity contribution in [3.8, 4) is 0 Å². The van der Waals surface area contributed by atoms with Crippen LogP contribution in [0.3, 0.4) is 0 Å². The van der Waals surface area contributed by atoms with Gasteiger partial charge in [-0.15, -0.1) is 0 Å². The van der Waals surface area contributed by atoms with Crippen molar-refractivity contribution in [2.45, 2.75) is 39.7 Å². The van der Waals surface area contributed by atoms with Gasteiger partial charge in [0.2, 0.25) is 0 Å². The Kier molecular flexibility index (Phi) is 8.82. The van der Waals surface area contributed by atoms with Crippen molar-refractivity contribution in [2.75, 3.05) is 19.7 Å². The maximum atomic E-state index is 12.4. The first-order valence-electron chi connectivity index (χ1n) is 7.00. The summed E-state index contributed by atoms with van der Waals surface area (Å²) in [5, 5.41) is 2.42. The second-order valence-corrected chi connectivity index (χ2v) is 5.36. The fraction of sp³-hybridized carbons (Fsp3) is 0.643. The van der Waals surface area contributed by atoms with Gasteiger partial charge in [-0.2, -0.15) is 0 Å². The molecule has 132 valence electrons. The number of nitrogens with one attached hydrogen (secondary N) is 1. The molecule has 0 aliphatic rings. The SMILES string of the molecule is CCOC(=O)C(/C=C(\N)C(F)F)=NCCNC(=O)OC(C)(C)C. The van der Waals surface area contributed by atoms with E-state index in [-0.39, 0.29) is 25.4 Å². The highest BCUT2D eigenvalue weighted by atomic mass is 19.3. The molecule has 3 N–H and O–H groups in total. The molecule has 0 fully saturated rings. The maximum absolute atomic E-state index is 12.4. The standard InChI is InChI=1S/C14H23F2N3O4/c1-5-22-12(20)10(8-9(17)11(15)16)18-6-7-19-13(21)23-14(2,3)4/h8,11H,5-7,17H2,1-4H3,(H,19,21)/b9-8-,18-10?. The molecule has 0 bridgehead atoms. The molecule has 0 rings (SSSR count). The van der Waals surface area contributed by atoms with E-state index in [0.29, 0.717) is 0 Å². The number of rotatable bonds is 7. The number of esters is 1. The highest BCUT2D eigenvalue weighted by Gasteiger charge is 2.16. The predicted octanol–water partition coefficient (Wildman–Crippen LogP) is 1.62. The highest BCUT2D eigenvalue weighted by Crippen LogP contribution is 2.06. The minimum absolute atomic E-state index is 0.0274. The molecule has 0 saturated carbocycles. The van der Waals surface area contributed by atoms with E-state index in [1.165, 1.54) is 0 Å². The van der Waals surface area contributed by atoms with Crippen molar-refractivity contribution in [1.29, 1.82) is 0 Å². The Labute approximate surface area is 133 Å². The summed E-state index contributed by atoms with van der Waals surface area (Å²) in [5.74, 6) is -0.867. The largest absolute Gasteiger partial charge is 0.461 e. The van der Waals surface area contributed by atoms with Gasteiger partial charge in [-0.3, -0.25) is 4.99 Å². The van der Waals surface area contributed by atoms with Crippen LogP contribution in [0.25, 0.3) is 0 Å². The van der Waals surface area contributed by atoms with E-state index >= 15 is 0 Å². The van der Waals surface area contributed by atoms with Gasteiger partial charge in [-0.1, -0.05) is 0 Å². The third kappa shape index (κ3) is 10.2. The second-order valence-electron chi connectivity index (χ2n) is 5.36. The molecule has 0 aromatic heterocycles. The van der Waals surface area contributed by atoms with E-state index in [4.69, 9.17) is 15.2 Å². The van der Waals surface area contributed by atoms with Gasteiger partial charge in [-0.05, 0) is 33.8 Å². The Morgan fingerprint density at radius 3 is 2.43 bits per heavy atom. The van der Waals surface area contributed by atoms with Crippen molar-refractivity contribution in [1.82, 2.24) is 5.32 Å². The Bertz CT molecular complexity index is 471. The van der Waals surface area contributed by atoms with Crippen LogP contribution in [-0.4, -0.2) is 49.5 Å². The third-order valence-corrected chi connectivity index (χ3v) is 2.10. The summed E-state index contributed by atoms with van der Waals surface area (Å²) in [6, 6.07) is 0. The molecule has 23 heavy (non-hydrogen) atoms. The van der Waals surface area contributed by atoms with Crippen LogP contribution in [0.15, 0.2) is 16.8 Å². The first-order chi connectivity index (χ1) is 10.6. The quantitative estimate of drug-likeness (QED) is 0.418. The van der Waals surface area contributed by atoms with Crippen LogP contribution in [0.1, 0.15) is 27.7 Å². The van der Waals surface area contributed by atoms with Crippen molar-refractivity contribution in [3.05, 3.63) is 11.8 Å². The Morgan fingerprint density at radius 2 is 1.96 bits per heavy atom. The smallest absolute Gasteiger partial charge is 0.407 e.